The summed E-state index contributed by atoms with van der Waals surface area (Å²) in [5.41, 5.74) is 1.53. The van der Waals surface area contributed by atoms with Crippen molar-refractivity contribution < 1.29 is 9.84 Å². The van der Waals surface area contributed by atoms with Crippen LogP contribution in [0, 0.1) is 0 Å². The standard InChI is InChI=1S/C33H31BrClNO2/c1-36(2)18-17-33(37,30-10-6-8-22-7-4-5-9-28(22)30)32(23-12-15-27(35)16-13-23)29-20-25-19-26(34)14-11-24(25)21-31(29)38-3/h4-16,19-21,32,37H,17-18H2,1-3H3/t32-,33-/m1/s1. The number of benzene rings is 5. The third kappa shape index (κ3) is 5.19. The average Bonchev–Trinajstić information content (AvgIpc) is 2.92. The van der Waals surface area contributed by atoms with Crippen LogP contribution in [0.1, 0.15) is 29.0 Å². The molecule has 0 aliphatic carbocycles. The van der Waals surface area contributed by atoms with Crippen molar-refractivity contribution in [1.29, 1.82) is 0 Å². The molecular formula is C33H31BrClNO2. The fourth-order valence-electron chi connectivity index (χ4n) is 5.47. The highest BCUT2D eigenvalue weighted by atomic mass is 79.9. The van der Waals surface area contributed by atoms with E-state index in [9.17, 15) is 5.11 Å². The first-order valence-electron chi connectivity index (χ1n) is 12.7. The molecule has 0 bridgehead atoms. The Morgan fingerprint density at radius 1 is 0.868 bits per heavy atom. The minimum atomic E-state index is -1.26. The highest BCUT2D eigenvalue weighted by molar-refractivity contribution is 9.10. The Hall–Kier alpha value is -2.89. The van der Waals surface area contributed by atoms with Crippen molar-refractivity contribution in [3.05, 3.63) is 123 Å². The number of fused-ring (bicyclic) bond motifs is 2. The van der Waals surface area contributed by atoms with E-state index < -0.39 is 11.5 Å². The molecule has 1 N–H and O–H groups in total. The zero-order valence-corrected chi connectivity index (χ0v) is 24.1. The largest absolute Gasteiger partial charge is 0.496 e. The summed E-state index contributed by atoms with van der Waals surface area (Å²) in [7, 11) is 5.77. The first-order chi connectivity index (χ1) is 18.3. The van der Waals surface area contributed by atoms with Crippen LogP contribution in [-0.2, 0) is 5.60 Å². The van der Waals surface area contributed by atoms with Crippen molar-refractivity contribution in [1.82, 2.24) is 4.90 Å². The maximum Gasteiger partial charge on any atom is 0.123 e. The van der Waals surface area contributed by atoms with Gasteiger partial charge in [0, 0.05) is 27.5 Å². The van der Waals surface area contributed by atoms with Gasteiger partial charge in [-0.3, -0.25) is 0 Å². The van der Waals surface area contributed by atoms with Crippen molar-refractivity contribution in [2.75, 3.05) is 27.7 Å². The smallest absolute Gasteiger partial charge is 0.123 e. The monoisotopic (exact) mass is 587 g/mol. The Morgan fingerprint density at radius 3 is 2.34 bits per heavy atom. The lowest BCUT2D eigenvalue weighted by Gasteiger charge is -2.40. The fourth-order valence-corrected chi connectivity index (χ4v) is 5.97. The molecule has 0 saturated heterocycles. The number of rotatable bonds is 8. The molecule has 0 saturated carbocycles. The summed E-state index contributed by atoms with van der Waals surface area (Å²) in [6, 6.07) is 32.7. The third-order valence-corrected chi connectivity index (χ3v) is 8.08. The Bertz CT molecular complexity index is 1580. The Balaban J connectivity index is 1.85. The van der Waals surface area contributed by atoms with Crippen LogP contribution < -0.4 is 4.74 Å². The summed E-state index contributed by atoms with van der Waals surface area (Å²) in [4.78, 5) is 2.11. The number of methoxy groups -OCH3 is 1. The molecule has 0 heterocycles. The number of halogens is 2. The van der Waals surface area contributed by atoms with E-state index >= 15 is 0 Å². The molecule has 5 aromatic carbocycles. The first kappa shape index (κ1) is 26.7. The molecular weight excluding hydrogens is 558 g/mol. The highest BCUT2D eigenvalue weighted by Gasteiger charge is 2.42. The second kappa shape index (κ2) is 11.1. The van der Waals surface area contributed by atoms with Gasteiger partial charge in [-0.2, -0.15) is 0 Å². The van der Waals surface area contributed by atoms with E-state index in [0.29, 0.717) is 18.0 Å². The summed E-state index contributed by atoms with van der Waals surface area (Å²) in [6.45, 7) is 0.700. The topological polar surface area (TPSA) is 32.7 Å². The molecule has 5 aromatic rings. The lowest BCUT2D eigenvalue weighted by molar-refractivity contribution is 0.00534. The van der Waals surface area contributed by atoms with E-state index in [4.69, 9.17) is 16.3 Å². The summed E-state index contributed by atoms with van der Waals surface area (Å²) in [5.74, 6) is 0.312. The molecule has 3 nitrogen and oxygen atoms in total. The molecule has 0 radical (unpaired) electrons. The molecule has 38 heavy (non-hydrogen) atoms. The second-order valence-corrected chi connectivity index (χ2v) is 11.4. The van der Waals surface area contributed by atoms with Crippen LogP contribution in [0.4, 0.5) is 0 Å². The molecule has 194 valence electrons. The normalized spacial score (nSPS) is 14.1. The van der Waals surface area contributed by atoms with Crippen LogP contribution in [-0.4, -0.2) is 37.8 Å². The van der Waals surface area contributed by atoms with Crippen molar-refractivity contribution in [3.63, 3.8) is 0 Å². The Morgan fingerprint density at radius 2 is 1.61 bits per heavy atom. The van der Waals surface area contributed by atoms with E-state index in [0.717, 1.165) is 48.5 Å². The minimum absolute atomic E-state index is 0.427. The SMILES string of the molecule is COc1cc2ccc(Br)cc2cc1[C@@H](c1ccc(Cl)cc1)[C@@](O)(CCN(C)C)c1cccc2ccccc12. The van der Waals surface area contributed by atoms with Gasteiger partial charge in [-0.25, -0.2) is 0 Å². The summed E-state index contributed by atoms with van der Waals surface area (Å²) in [6.07, 6.45) is 0.515. The van der Waals surface area contributed by atoms with Crippen LogP contribution in [0.15, 0.2) is 102 Å². The van der Waals surface area contributed by atoms with Gasteiger partial charge >= 0.3 is 0 Å². The molecule has 0 unspecified atom stereocenters. The van der Waals surface area contributed by atoms with Crippen molar-refractivity contribution in [2.45, 2.75) is 17.9 Å². The molecule has 0 amide bonds. The van der Waals surface area contributed by atoms with Crippen LogP contribution in [0.5, 0.6) is 5.75 Å². The average molecular weight is 589 g/mol. The molecule has 2 atom stereocenters. The van der Waals surface area contributed by atoms with Crippen molar-refractivity contribution >= 4 is 49.1 Å². The van der Waals surface area contributed by atoms with Gasteiger partial charge in [0.15, 0.2) is 0 Å². The molecule has 5 heteroatoms. The fraction of sp³-hybridized carbons (Fsp3) is 0.212. The predicted molar refractivity (Wildman–Crippen MR) is 163 cm³/mol. The molecule has 0 aliphatic heterocycles. The van der Waals surface area contributed by atoms with Gasteiger partial charge in [-0.15, -0.1) is 0 Å². The lowest BCUT2D eigenvalue weighted by atomic mass is 9.70. The van der Waals surface area contributed by atoms with Gasteiger partial charge in [0.2, 0.25) is 0 Å². The zero-order valence-electron chi connectivity index (χ0n) is 21.8. The molecule has 0 aliphatic rings. The summed E-state index contributed by atoms with van der Waals surface area (Å²) < 4.78 is 7.00. The molecule has 5 rings (SSSR count). The van der Waals surface area contributed by atoms with Gasteiger partial charge in [0.25, 0.3) is 0 Å². The van der Waals surface area contributed by atoms with Crippen LogP contribution in [0.2, 0.25) is 5.02 Å². The number of aliphatic hydroxyl groups is 1. The number of hydrogen-bond acceptors (Lipinski definition) is 3. The second-order valence-electron chi connectivity index (χ2n) is 10.1. The highest BCUT2D eigenvalue weighted by Crippen LogP contribution is 2.49. The van der Waals surface area contributed by atoms with Gasteiger partial charge in [0.1, 0.15) is 11.4 Å². The third-order valence-electron chi connectivity index (χ3n) is 7.34. The van der Waals surface area contributed by atoms with Crippen LogP contribution in [0.25, 0.3) is 21.5 Å². The molecule has 0 aromatic heterocycles. The predicted octanol–water partition coefficient (Wildman–Crippen LogP) is 8.39. The van der Waals surface area contributed by atoms with Crippen molar-refractivity contribution in [2.24, 2.45) is 0 Å². The van der Waals surface area contributed by atoms with E-state index in [1.54, 1.807) is 7.11 Å². The maximum absolute atomic E-state index is 13.1. The minimum Gasteiger partial charge on any atom is -0.496 e. The first-order valence-corrected chi connectivity index (χ1v) is 13.9. The number of hydrogen-bond donors (Lipinski definition) is 1. The van der Waals surface area contributed by atoms with E-state index in [2.05, 4.69) is 69.4 Å². The van der Waals surface area contributed by atoms with Gasteiger partial charge in [-0.1, -0.05) is 88.2 Å². The Labute approximate surface area is 237 Å². The Kier molecular flexibility index (Phi) is 7.78. The van der Waals surface area contributed by atoms with Gasteiger partial charge < -0.3 is 14.7 Å². The zero-order chi connectivity index (χ0) is 26.9. The van der Waals surface area contributed by atoms with Crippen LogP contribution in [0.3, 0.4) is 0 Å². The molecule has 0 fully saturated rings. The summed E-state index contributed by atoms with van der Waals surface area (Å²) >= 11 is 9.96. The molecule has 0 spiro atoms. The number of nitrogens with zero attached hydrogens (tertiary/aromatic N) is 1. The van der Waals surface area contributed by atoms with Crippen molar-refractivity contribution in [3.8, 4) is 5.75 Å². The van der Waals surface area contributed by atoms with E-state index in [1.807, 2.05) is 62.6 Å². The maximum atomic E-state index is 13.1. The van der Waals surface area contributed by atoms with Crippen LogP contribution >= 0.6 is 27.5 Å². The van der Waals surface area contributed by atoms with E-state index in [-0.39, 0.29) is 0 Å². The quantitative estimate of drug-likeness (QED) is 0.198. The van der Waals surface area contributed by atoms with Gasteiger partial charge in [0.05, 0.1) is 7.11 Å². The van der Waals surface area contributed by atoms with Gasteiger partial charge in [-0.05, 0) is 89.6 Å². The lowest BCUT2D eigenvalue weighted by Crippen LogP contribution is -2.38. The van der Waals surface area contributed by atoms with E-state index in [1.165, 1.54) is 0 Å². The number of ether oxygens (including phenoxy) is 1. The summed E-state index contributed by atoms with van der Waals surface area (Å²) in [5, 5.41) is 18.0.